The van der Waals surface area contributed by atoms with E-state index >= 15 is 0 Å². The van der Waals surface area contributed by atoms with Crippen LogP contribution in [0.1, 0.15) is 10.5 Å². The summed E-state index contributed by atoms with van der Waals surface area (Å²) in [6, 6.07) is 3.15. The van der Waals surface area contributed by atoms with E-state index in [9.17, 15) is 4.79 Å². The predicted octanol–water partition coefficient (Wildman–Crippen LogP) is 0.347. The van der Waals surface area contributed by atoms with Crippen LogP contribution >= 0.6 is 11.3 Å². The highest BCUT2D eigenvalue weighted by molar-refractivity contribution is 7.13. The van der Waals surface area contributed by atoms with Gasteiger partial charge in [-0.1, -0.05) is 0 Å². The van der Waals surface area contributed by atoms with Gasteiger partial charge in [-0.3, -0.25) is 4.79 Å². The first-order valence-electron chi connectivity index (χ1n) is 4.68. The number of rotatable bonds is 2. The molecule has 2 N–H and O–H groups in total. The maximum absolute atomic E-state index is 11.1. The van der Waals surface area contributed by atoms with Crippen LogP contribution in [0.5, 0.6) is 0 Å². The SMILES string of the molecule is NC(=O)c1ccc2nnc(-c3nccs3)n2n1. The molecular weight excluding hydrogens is 240 g/mol. The number of carbonyl (C=O) groups is 1. The highest BCUT2D eigenvalue weighted by atomic mass is 32.1. The van der Waals surface area contributed by atoms with Gasteiger partial charge in [0, 0.05) is 11.6 Å². The smallest absolute Gasteiger partial charge is 0.269 e. The molecule has 3 aromatic rings. The molecule has 8 heteroatoms. The van der Waals surface area contributed by atoms with Gasteiger partial charge in [0.25, 0.3) is 5.91 Å². The minimum Gasteiger partial charge on any atom is -0.364 e. The molecule has 17 heavy (non-hydrogen) atoms. The number of aromatic nitrogens is 5. The number of primary amides is 1. The fourth-order valence-electron chi connectivity index (χ4n) is 1.39. The summed E-state index contributed by atoms with van der Waals surface area (Å²) in [4.78, 5) is 15.2. The Morgan fingerprint density at radius 3 is 2.94 bits per heavy atom. The van der Waals surface area contributed by atoms with E-state index in [-0.39, 0.29) is 5.69 Å². The molecule has 0 radical (unpaired) electrons. The third-order valence-corrected chi connectivity index (χ3v) is 2.91. The molecule has 0 unspecified atom stereocenters. The molecule has 3 aromatic heterocycles. The summed E-state index contributed by atoms with van der Waals surface area (Å²) in [7, 11) is 0. The average molecular weight is 246 g/mol. The van der Waals surface area contributed by atoms with E-state index in [0.717, 1.165) is 0 Å². The molecule has 7 nitrogen and oxygen atoms in total. The topological polar surface area (TPSA) is 99.1 Å². The van der Waals surface area contributed by atoms with Gasteiger partial charge in [-0.05, 0) is 12.1 Å². The van der Waals surface area contributed by atoms with E-state index in [1.807, 2.05) is 5.38 Å². The molecule has 0 aliphatic rings. The van der Waals surface area contributed by atoms with E-state index in [4.69, 9.17) is 5.73 Å². The Hall–Kier alpha value is -2.35. The van der Waals surface area contributed by atoms with Crippen LogP contribution in [0.4, 0.5) is 0 Å². The molecule has 0 saturated heterocycles. The molecule has 0 aliphatic heterocycles. The Labute approximate surface area is 98.9 Å². The van der Waals surface area contributed by atoms with Gasteiger partial charge in [0.15, 0.2) is 10.7 Å². The minimum atomic E-state index is -0.592. The minimum absolute atomic E-state index is 0.162. The lowest BCUT2D eigenvalue weighted by atomic mass is 10.4. The lowest BCUT2D eigenvalue weighted by Crippen LogP contribution is -2.14. The van der Waals surface area contributed by atoms with Gasteiger partial charge < -0.3 is 5.73 Å². The number of thiazole rings is 1. The van der Waals surface area contributed by atoms with Crippen molar-refractivity contribution in [3.05, 3.63) is 29.4 Å². The summed E-state index contributed by atoms with van der Waals surface area (Å²) >= 11 is 1.42. The van der Waals surface area contributed by atoms with Gasteiger partial charge in [0.2, 0.25) is 5.82 Å². The molecule has 0 bridgehead atoms. The van der Waals surface area contributed by atoms with E-state index in [0.29, 0.717) is 16.5 Å². The van der Waals surface area contributed by atoms with Crippen molar-refractivity contribution in [3.63, 3.8) is 0 Å². The van der Waals surface area contributed by atoms with Crippen LogP contribution in [-0.2, 0) is 0 Å². The maximum Gasteiger partial charge on any atom is 0.269 e. The van der Waals surface area contributed by atoms with Crippen LogP contribution in [0.2, 0.25) is 0 Å². The molecule has 3 rings (SSSR count). The Morgan fingerprint density at radius 1 is 1.35 bits per heavy atom. The zero-order chi connectivity index (χ0) is 11.8. The fraction of sp³-hybridized carbons (Fsp3) is 0. The van der Waals surface area contributed by atoms with E-state index < -0.39 is 5.91 Å². The molecule has 84 valence electrons. The molecule has 0 fully saturated rings. The highest BCUT2D eigenvalue weighted by Gasteiger charge is 2.13. The van der Waals surface area contributed by atoms with Gasteiger partial charge in [0.05, 0.1) is 0 Å². The Bertz CT molecular complexity index is 689. The molecule has 0 atom stereocenters. The van der Waals surface area contributed by atoms with Gasteiger partial charge in [-0.15, -0.1) is 21.5 Å². The third-order valence-electron chi connectivity index (χ3n) is 2.14. The van der Waals surface area contributed by atoms with Crippen LogP contribution in [0.3, 0.4) is 0 Å². The van der Waals surface area contributed by atoms with Crippen molar-refractivity contribution in [3.8, 4) is 10.8 Å². The van der Waals surface area contributed by atoms with Gasteiger partial charge in [0.1, 0.15) is 5.69 Å². The molecule has 0 saturated carbocycles. The van der Waals surface area contributed by atoms with Gasteiger partial charge in [-0.25, -0.2) is 4.98 Å². The fourth-order valence-corrected chi connectivity index (χ4v) is 1.99. The Kier molecular flexibility index (Phi) is 2.08. The van der Waals surface area contributed by atoms with Gasteiger partial charge >= 0.3 is 0 Å². The van der Waals surface area contributed by atoms with Crippen molar-refractivity contribution in [2.45, 2.75) is 0 Å². The van der Waals surface area contributed by atoms with Gasteiger partial charge in [-0.2, -0.15) is 9.61 Å². The third kappa shape index (κ3) is 1.54. The van der Waals surface area contributed by atoms with Crippen LogP contribution in [0, 0.1) is 0 Å². The maximum atomic E-state index is 11.1. The predicted molar refractivity (Wildman–Crippen MR) is 60.4 cm³/mol. The van der Waals surface area contributed by atoms with E-state index in [2.05, 4.69) is 20.3 Å². The van der Waals surface area contributed by atoms with Crippen molar-refractivity contribution in [1.29, 1.82) is 0 Å². The van der Waals surface area contributed by atoms with Crippen molar-refractivity contribution >= 4 is 22.9 Å². The summed E-state index contributed by atoms with van der Waals surface area (Å²) in [6.07, 6.45) is 1.67. The number of fused-ring (bicyclic) bond motifs is 1. The number of nitrogens with zero attached hydrogens (tertiary/aromatic N) is 5. The van der Waals surface area contributed by atoms with Crippen molar-refractivity contribution in [2.75, 3.05) is 0 Å². The van der Waals surface area contributed by atoms with Crippen molar-refractivity contribution in [2.24, 2.45) is 5.73 Å². The molecule has 0 aromatic carbocycles. The highest BCUT2D eigenvalue weighted by Crippen LogP contribution is 2.19. The van der Waals surface area contributed by atoms with Crippen molar-refractivity contribution in [1.82, 2.24) is 24.8 Å². The number of nitrogens with two attached hydrogens (primary N) is 1. The second-order valence-corrected chi connectivity index (χ2v) is 4.11. The van der Waals surface area contributed by atoms with Crippen LogP contribution < -0.4 is 5.73 Å². The number of hydrogen-bond donors (Lipinski definition) is 1. The summed E-state index contributed by atoms with van der Waals surface area (Å²) in [5.74, 6) is -0.0937. The quantitative estimate of drug-likeness (QED) is 0.703. The summed E-state index contributed by atoms with van der Waals surface area (Å²) in [6.45, 7) is 0. The summed E-state index contributed by atoms with van der Waals surface area (Å²) in [5, 5.41) is 14.5. The first kappa shape index (κ1) is 9.85. The number of hydrogen-bond acceptors (Lipinski definition) is 6. The first-order chi connectivity index (χ1) is 8.25. The second-order valence-electron chi connectivity index (χ2n) is 3.21. The summed E-state index contributed by atoms with van der Waals surface area (Å²) in [5.41, 5.74) is 5.88. The lowest BCUT2D eigenvalue weighted by molar-refractivity contribution is 0.0994. The first-order valence-corrected chi connectivity index (χ1v) is 5.56. The van der Waals surface area contributed by atoms with E-state index in [1.165, 1.54) is 21.9 Å². The molecule has 0 aliphatic carbocycles. The lowest BCUT2D eigenvalue weighted by Gasteiger charge is -1.97. The van der Waals surface area contributed by atoms with Crippen LogP contribution in [0.25, 0.3) is 16.5 Å². The molecule has 1 amide bonds. The van der Waals surface area contributed by atoms with Crippen LogP contribution in [0.15, 0.2) is 23.7 Å². The molecule has 0 spiro atoms. The monoisotopic (exact) mass is 246 g/mol. The van der Waals surface area contributed by atoms with Crippen LogP contribution in [-0.4, -0.2) is 30.7 Å². The zero-order valence-electron chi connectivity index (χ0n) is 8.44. The second kappa shape index (κ2) is 3.59. The van der Waals surface area contributed by atoms with E-state index in [1.54, 1.807) is 12.3 Å². The molecule has 3 heterocycles. The normalized spacial score (nSPS) is 10.8. The Morgan fingerprint density at radius 2 is 2.24 bits per heavy atom. The average Bonchev–Trinajstić information content (AvgIpc) is 2.96. The zero-order valence-corrected chi connectivity index (χ0v) is 9.26. The summed E-state index contributed by atoms with van der Waals surface area (Å²) < 4.78 is 1.46. The molecular formula is C9H6N6OS. The van der Waals surface area contributed by atoms with Crippen molar-refractivity contribution < 1.29 is 4.79 Å². The number of carbonyl (C=O) groups excluding carboxylic acids is 1. The standard InChI is InChI=1S/C9H6N6OS/c10-7(16)5-1-2-6-12-13-8(15(6)14-5)9-11-3-4-17-9/h1-4H,(H2,10,16). The number of amides is 1. The largest absolute Gasteiger partial charge is 0.364 e. The Balaban J connectivity index is 2.26.